The maximum Gasteiger partial charge on any atom is 0.319 e. The number of carbonyl (C=O) groups is 1. The molecule has 0 radical (unpaired) electrons. The van der Waals surface area contributed by atoms with E-state index in [0.29, 0.717) is 13.0 Å². The zero-order chi connectivity index (χ0) is 13.6. The van der Waals surface area contributed by atoms with E-state index in [0.717, 1.165) is 6.42 Å². The maximum absolute atomic E-state index is 13.4. The molecule has 4 N–H and O–H groups in total. The number of halogens is 1. The van der Waals surface area contributed by atoms with Crippen molar-refractivity contribution in [3.05, 3.63) is 30.1 Å². The monoisotopic (exact) mass is 253 g/mol. The van der Waals surface area contributed by atoms with Gasteiger partial charge >= 0.3 is 6.03 Å². The quantitative estimate of drug-likeness (QED) is 0.754. The first-order valence-electron chi connectivity index (χ1n) is 6.04. The molecule has 0 aliphatic rings. The third-order valence-corrected chi connectivity index (χ3v) is 3.01. The van der Waals surface area contributed by atoms with E-state index in [9.17, 15) is 9.18 Å². The lowest BCUT2D eigenvalue weighted by molar-refractivity contribution is 0.235. The molecule has 0 aliphatic heterocycles. The van der Waals surface area contributed by atoms with Gasteiger partial charge < -0.3 is 16.4 Å². The van der Waals surface area contributed by atoms with E-state index < -0.39 is 11.8 Å². The second-order valence-corrected chi connectivity index (χ2v) is 4.51. The van der Waals surface area contributed by atoms with E-state index in [1.807, 2.05) is 13.8 Å². The molecule has 0 spiro atoms. The van der Waals surface area contributed by atoms with Gasteiger partial charge in [0.05, 0.1) is 5.69 Å². The average molecular weight is 253 g/mol. The van der Waals surface area contributed by atoms with Crippen molar-refractivity contribution in [2.75, 3.05) is 11.9 Å². The molecule has 0 saturated heterocycles. The molecule has 0 aliphatic carbocycles. The molecule has 4 nitrogen and oxygen atoms in total. The molecule has 0 aromatic heterocycles. The Morgan fingerprint density at radius 1 is 1.44 bits per heavy atom. The van der Waals surface area contributed by atoms with Crippen LogP contribution in [0.4, 0.5) is 14.9 Å². The van der Waals surface area contributed by atoms with Crippen LogP contribution >= 0.6 is 0 Å². The van der Waals surface area contributed by atoms with E-state index in [2.05, 4.69) is 10.6 Å². The molecule has 0 bridgehead atoms. The first-order valence-corrected chi connectivity index (χ1v) is 6.04. The van der Waals surface area contributed by atoms with Gasteiger partial charge in [-0.1, -0.05) is 19.1 Å². The van der Waals surface area contributed by atoms with Crippen molar-refractivity contribution in [2.45, 2.75) is 32.2 Å². The van der Waals surface area contributed by atoms with Gasteiger partial charge in [-0.15, -0.1) is 0 Å². The lowest BCUT2D eigenvalue weighted by Crippen LogP contribution is -2.48. The van der Waals surface area contributed by atoms with Crippen LogP contribution < -0.4 is 16.4 Å². The lowest BCUT2D eigenvalue weighted by Gasteiger charge is -2.29. The highest BCUT2D eigenvalue weighted by molar-refractivity contribution is 5.89. The summed E-state index contributed by atoms with van der Waals surface area (Å²) in [6, 6.07) is 5.63. The molecule has 5 heteroatoms. The fraction of sp³-hybridized carbons (Fsp3) is 0.462. The first kappa shape index (κ1) is 14.4. The standard InChI is InChI=1S/C13H20FN3O/c1-3-13(2,8-9-15)17-12(18)16-11-7-5-4-6-10(11)14/h4-7H,3,8-9,15H2,1-2H3,(H2,16,17,18). The minimum absolute atomic E-state index is 0.168. The Hall–Kier alpha value is -1.62. The summed E-state index contributed by atoms with van der Waals surface area (Å²) in [5, 5.41) is 5.32. The van der Waals surface area contributed by atoms with E-state index in [1.165, 1.54) is 12.1 Å². The topological polar surface area (TPSA) is 67.1 Å². The van der Waals surface area contributed by atoms with Gasteiger partial charge in [0.25, 0.3) is 0 Å². The summed E-state index contributed by atoms with van der Waals surface area (Å²) >= 11 is 0. The summed E-state index contributed by atoms with van der Waals surface area (Å²) < 4.78 is 13.4. The summed E-state index contributed by atoms with van der Waals surface area (Å²) in [7, 11) is 0. The highest BCUT2D eigenvalue weighted by Crippen LogP contribution is 2.15. The zero-order valence-corrected chi connectivity index (χ0v) is 10.8. The molecule has 1 aromatic carbocycles. The number of para-hydroxylation sites is 1. The summed E-state index contributed by atoms with van der Waals surface area (Å²) in [6.07, 6.45) is 1.43. The summed E-state index contributed by atoms with van der Waals surface area (Å²) in [4.78, 5) is 11.8. The van der Waals surface area contributed by atoms with Crippen LogP contribution in [-0.2, 0) is 0 Å². The number of hydrogen-bond acceptors (Lipinski definition) is 2. The van der Waals surface area contributed by atoms with Crippen molar-refractivity contribution < 1.29 is 9.18 Å². The van der Waals surface area contributed by atoms with Crippen LogP contribution in [0.1, 0.15) is 26.7 Å². The van der Waals surface area contributed by atoms with Gasteiger partial charge in [-0.2, -0.15) is 0 Å². The highest BCUT2D eigenvalue weighted by Gasteiger charge is 2.23. The van der Waals surface area contributed by atoms with Crippen LogP contribution in [0.2, 0.25) is 0 Å². The lowest BCUT2D eigenvalue weighted by atomic mass is 9.95. The van der Waals surface area contributed by atoms with Gasteiger partial charge in [0, 0.05) is 5.54 Å². The van der Waals surface area contributed by atoms with Crippen molar-refractivity contribution in [1.29, 1.82) is 0 Å². The molecule has 1 rings (SSSR count). The molecule has 0 saturated carbocycles. The average Bonchev–Trinajstić information content (AvgIpc) is 2.32. The first-order chi connectivity index (χ1) is 8.50. The zero-order valence-electron chi connectivity index (χ0n) is 10.8. The number of nitrogens with one attached hydrogen (secondary N) is 2. The van der Waals surface area contributed by atoms with Crippen molar-refractivity contribution >= 4 is 11.7 Å². The van der Waals surface area contributed by atoms with Gasteiger partial charge in [-0.3, -0.25) is 0 Å². The molecule has 100 valence electrons. The predicted octanol–water partition coefficient (Wildman–Crippen LogP) is 2.46. The Balaban J connectivity index is 2.64. The van der Waals surface area contributed by atoms with Crippen molar-refractivity contribution in [1.82, 2.24) is 5.32 Å². The molecule has 0 fully saturated rings. The normalized spacial score (nSPS) is 13.8. The smallest absolute Gasteiger partial charge is 0.319 e. The van der Waals surface area contributed by atoms with Crippen LogP contribution in [0.25, 0.3) is 0 Å². The SMILES string of the molecule is CCC(C)(CCN)NC(=O)Nc1ccccc1F. The van der Waals surface area contributed by atoms with Crippen LogP contribution in [0, 0.1) is 5.82 Å². The number of carbonyl (C=O) groups excluding carboxylic acids is 1. The van der Waals surface area contributed by atoms with Gasteiger partial charge in [0.2, 0.25) is 0 Å². The van der Waals surface area contributed by atoms with Gasteiger partial charge in [-0.25, -0.2) is 9.18 Å². The van der Waals surface area contributed by atoms with Crippen LogP contribution in [0.5, 0.6) is 0 Å². The van der Waals surface area contributed by atoms with E-state index in [4.69, 9.17) is 5.73 Å². The number of hydrogen-bond donors (Lipinski definition) is 3. The maximum atomic E-state index is 13.4. The molecule has 0 heterocycles. The summed E-state index contributed by atoms with van der Waals surface area (Å²) in [5.74, 6) is -0.454. The summed E-state index contributed by atoms with van der Waals surface area (Å²) in [6.45, 7) is 4.38. The fourth-order valence-corrected chi connectivity index (χ4v) is 1.64. The molecule has 18 heavy (non-hydrogen) atoms. The Kier molecular flexibility index (Phi) is 5.09. The molecule has 1 atom stereocenters. The summed E-state index contributed by atoms with van der Waals surface area (Å²) in [5.41, 5.74) is 5.31. The number of nitrogens with two attached hydrogens (primary N) is 1. The van der Waals surface area contributed by atoms with Gasteiger partial charge in [0.15, 0.2) is 0 Å². The Morgan fingerprint density at radius 3 is 2.67 bits per heavy atom. The minimum Gasteiger partial charge on any atom is -0.333 e. The van der Waals surface area contributed by atoms with E-state index in [1.54, 1.807) is 12.1 Å². The second-order valence-electron chi connectivity index (χ2n) is 4.51. The largest absolute Gasteiger partial charge is 0.333 e. The predicted molar refractivity (Wildman–Crippen MR) is 70.9 cm³/mol. The van der Waals surface area contributed by atoms with E-state index in [-0.39, 0.29) is 11.2 Å². The Bertz CT molecular complexity index is 411. The molecule has 1 aromatic rings. The van der Waals surface area contributed by atoms with Crippen molar-refractivity contribution in [2.24, 2.45) is 5.73 Å². The van der Waals surface area contributed by atoms with Crippen LogP contribution in [0.3, 0.4) is 0 Å². The minimum atomic E-state index is -0.454. The third-order valence-electron chi connectivity index (χ3n) is 3.01. The van der Waals surface area contributed by atoms with Crippen molar-refractivity contribution in [3.8, 4) is 0 Å². The molecular formula is C13H20FN3O. The number of benzene rings is 1. The Labute approximate surface area is 107 Å². The van der Waals surface area contributed by atoms with E-state index >= 15 is 0 Å². The Morgan fingerprint density at radius 2 is 2.11 bits per heavy atom. The number of urea groups is 1. The van der Waals surface area contributed by atoms with Crippen molar-refractivity contribution in [3.63, 3.8) is 0 Å². The van der Waals surface area contributed by atoms with Gasteiger partial charge in [0.1, 0.15) is 5.82 Å². The molecular weight excluding hydrogens is 233 g/mol. The van der Waals surface area contributed by atoms with Crippen LogP contribution in [0.15, 0.2) is 24.3 Å². The number of anilines is 1. The molecule has 1 unspecified atom stereocenters. The number of amides is 2. The number of rotatable bonds is 5. The molecule has 2 amide bonds. The fourth-order valence-electron chi connectivity index (χ4n) is 1.64. The third kappa shape index (κ3) is 4.00. The highest BCUT2D eigenvalue weighted by atomic mass is 19.1. The van der Waals surface area contributed by atoms with Crippen LogP contribution in [-0.4, -0.2) is 18.1 Å². The second kappa shape index (κ2) is 6.35. The van der Waals surface area contributed by atoms with Gasteiger partial charge in [-0.05, 0) is 38.4 Å².